The minimum atomic E-state index is -1.13. The van der Waals surface area contributed by atoms with Gasteiger partial charge in [0, 0.05) is 6.42 Å². The van der Waals surface area contributed by atoms with Crippen LogP contribution >= 0.6 is 0 Å². The summed E-state index contributed by atoms with van der Waals surface area (Å²) in [6, 6.07) is -1.74. The topological polar surface area (TPSA) is 122 Å². The van der Waals surface area contributed by atoms with E-state index in [9.17, 15) is 19.2 Å². The summed E-state index contributed by atoms with van der Waals surface area (Å²) in [5.41, 5.74) is 0. The number of nitrogens with one attached hydrogen (secondary N) is 2. The van der Waals surface area contributed by atoms with Crippen molar-refractivity contribution in [3.63, 3.8) is 0 Å². The number of imide groups is 1. The predicted molar refractivity (Wildman–Crippen MR) is 64.2 cm³/mol. The Morgan fingerprint density at radius 3 is 2.16 bits per heavy atom. The molecule has 1 atom stereocenters. The van der Waals surface area contributed by atoms with Crippen molar-refractivity contribution < 1.29 is 29.0 Å². The zero-order valence-electron chi connectivity index (χ0n) is 11.1. The lowest BCUT2D eigenvalue weighted by molar-refractivity contribution is -0.144. The van der Waals surface area contributed by atoms with Crippen LogP contribution in [0.2, 0.25) is 0 Å². The van der Waals surface area contributed by atoms with Crippen LogP contribution in [0.3, 0.4) is 0 Å². The summed E-state index contributed by atoms with van der Waals surface area (Å²) in [5, 5.41) is 12.6. The molecule has 3 amide bonds. The van der Waals surface area contributed by atoms with Crippen molar-refractivity contribution in [2.75, 3.05) is 7.11 Å². The summed E-state index contributed by atoms with van der Waals surface area (Å²) in [4.78, 5) is 44.2. The van der Waals surface area contributed by atoms with E-state index in [-0.39, 0.29) is 18.8 Å². The second kappa shape index (κ2) is 8.06. The van der Waals surface area contributed by atoms with Gasteiger partial charge in [-0.05, 0) is 5.92 Å². The maximum Gasteiger partial charge on any atom is 0.328 e. The highest BCUT2D eigenvalue weighted by Crippen LogP contribution is 2.03. The summed E-state index contributed by atoms with van der Waals surface area (Å²) in [7, 11) is 1.19. The fraction of sp³-hybridized carbons (Fsp3) is 0.636. The Morgan fingerprint density at radius 2 is 1.74 bits per heavy atom. The summed E-state index contributed by atoms with van der Waals surface area (Å²) in [6.07, 6.45) is -0.683. The lowest BCUT2D eigenvalue weighted by Crippen LogP contribution is -2.50. The third-order valence-electron chi connectivity index (χ3n) is 2.23. The average Bonchev–Trinajstić information content (AvgIpc) is 2.32. The third-order valence-corrected chi connectivity index (χ3v) is 2.23. The fourth-order valence-electron chi connectivity index (χ4n) is 1.21. The summed E-state index contributed by atoms with van der Waals surface area (Å²) in [6.45, 7) is 3.40. The van der Waals surface area contributed by atoms with E-state index in [1.807, 2.05) is 5.32 Å². The van der Waals surface area contributed by atoms with Crippen LogP contribution in [-0.4, -0.2) is 42.1 Å². The molecule has 0 radical (unpaired) electrons. The van der Waals surface area contributed by atoms with Crippen LogP contribution in [0.1, 0.15) is 26.7 Å². The van der Waals surface area contributed by atoms with Gasteiger partial charge in [-0.3, -0.25) is 14.9 Å². The van der Waals surface area contributed by atoms with E-state index in [0.29, 0.717) is 0 Å². The van der Waals surface area contributed by atoms with Crippen LogP contribution in [-0.2, 0) is 19.1 Å². The van der Waals surface area contributed by atoms with E-state index in [2.05, 4.69) is 10.1 Å². The Labute approximate surface area is 110 Å². The summed E-state index contributed by atoms with van der Waals surface area (Å²) >= 11 is 0. The van der Waals surface area contributed by atoms with Crippen molar-refractivity contribution >= 4 is 23.9 Å². The molecule has 0 rings (SSSR count). The molecule has 0 fully saturated rings. The first-order valence-electron chi connectivity index (χ1n) is 5.67. The summed E-state index contributed by atoms with van der Waals surface area (Å²) < 4.78 is 4.51. The van der Waals surface area contributed by atoms with Gasteiger partial charge >= 0.3 is 18.0 Å². The largest absolute Gasteiger partial charge is 0.481 e. The van der Waals surface area contributed by atoms with Crippen molar-refractivity contribution in [2.24, 2.45) is 5.92 Å². The molecule has 108 valence electrons. The zero-order chi connectivity index (χ0) is 15.0. The van der Waals surface area contributed by atoms with Crippen LogP contribution in [0.15, 0.2) is 0 Å². The van der Waals surface area contributed by atoms with Crippen LogP contribution in [0.4, 0.5) is 4.79 Å². The first-order chi connectivity index (χ1) is 8.77. The predicted octanol–water partition coefficient (Wildman–Crippen LogP) is -0.125. The Morgan fingerprint density at radius 1 is 1.16 bits per heavy atom. The standard InChI is InChI=1S/C11H18N2O6/c1-6(2)9(10(17)19-3)13-11(18)12-7(14)4-5-8(15)16/h6,9H,4-5H2,1-3H3,(H,15,16)(H2,12,13,14,18). The highest BCUT2D eigenvalue weighted by molar-refractivity contribution is 5.96. The molecule has 0 aromatic heterocycles. The molecule has 0 aliphatic rings. The minimum absolute atomic E-state index is 0.215. The first-order valence-corrected chi connectivity index (χ1v) is 5.67. The molecule has 0 aromatic rings. The van der Waals surface area contributed by atoms with Gasteiger partial charge in [0.05, 0.1) is 13.5 Å². The highest BCUT2D eigenvalue weighted by atomic mass is 16.5. The number of rotatable bonds is 6. The van der Waals surface area contributed by atoms with E-state index in [0.717, 1.165) is 0 Å². The maximum atomic E-state index is 11.4. The first kappa shape index (κ1) is 16.9. The van der Waals surface area contributed by atoms with Crippen molar-refractivity contribution in [3.05, 3.63) is 0 Å². The number of carbonyl (C=O) groups is 4. The van der Waals surface area contributed by atoms with Gasteiger partial charge in [0.1, 0.15) is 6.04 Å². The van der Waals surface area contributed by atoms with E-state index in [1.165, 1.54) is 7.11 Å². The molecular weight excluding hydrogens is 256 g/mol. The molecule has 0 saturated carbocycles. The van der Waals surface area contributed by atoms with Gasteiger partial charge < -0.3 is 15.2 Å². The molecule has 8 nitrogen and oxygen atoms in total. The Kier molecular flexibility index (Phi) is 7.16. The molecule has 0 aromatic carbocycles. The van der Waals surface area contributed by atoms with Crippen molar-refractivity contribution in [3.8, 4) is 0 Å². The number of hydrogen-bond acceptors (Lipinski definition) is 5. The highest BCUT2D eigenvalue weighted by Gasteiger charge is 2.25. The van der Waals surface area contributed by atoms with Gasteiger partial charge in [0.15, 0.2) is 0 Å². The van der Waals surface area contributed by atoms with Gasteiger partial charge in [-0.2, -0.15) is 0 Å². The van der Waals surface area contributed by atoms with E-state index in [1.54, 1.807) is 13.8 Å². The second-order valence-electron chi connectivity index (χ2n) is 4.16. The SMILES string of the molecule is COC(=O)C(NC(=O)NC(=O)CCC(=O)O)C(C)C. The number of carboxylic acid groups (broad SMARTS) is 1. The van der Waals surface area contributed by atoms with E-state index in [4.69, 9.17) is 5.11 Å². The summed E-state index contributed by atoms with van der Waals surface area (Å²) in [5.74, 6) is -2.70. The number of aliphatic carboxylic acids is 1. The van der Waals surface area contributed by atoms with Gasteiger partial charge in [0.25, 0.3) is 0 Å². The molecule has 0 bridgehead atoms. The number of methoxy groups -OCH3 is 1. The Balaban J connectivity index is 4.31. The van der Waals surface area contributed by atoms with Gasteiger partial charge in [0.2, 0.25) is 5.91 Å². The number of urea groups is 1. The molecule has 0 saturated heterocycles. The minimum Gasteiger partial charge on any atom is -0.481 e. The lowest BCUT2D eigenvalue weighted by atomic mass is 10.1. The molecule has 0 heterocycles. The van der Waals surface area contributed by atoms with Crippen molar-refractivity contribution in [1.29, 1.82) is 0 Å². The maximum absolute atomic E-state index is 11.4. The molecular formula is C11H18N2O6. The van der Waals surface area contributed by atoms with Crippen LogP contribution in [0.5, 0.6) is 0 Å². The molecule has 0 aliphatic heterocycles. The van der Waals surface area contributed by atoms with Crippen LogP contribution < -0.4 is 10.6 Å². The van der Waals surface area contributed by atoms with Crippen LogP contribution in [0.25, 0.3) is 0 Å². The number of esters is 1. The van der Waals surface area contributed by atoms with Crippen molar-refractivity contribution in [2.45, 2.75) is 32.7 Å². The monoisotopic (exact) mass is 274 g/mol. The molecule has 8 heteroatoms. The zero-order valence-corrected chi connectivity index (χ0v) is 11.1. The molecule has 1 unspecified atom stereocenters. The number of ether oxygens (including phenoxy) is 1. The number of hydrogen-bond donors (Lipinski definition) is 3. The second-order valence-corrected chi connectivity index (χ2v) is 4.16. The normalized spacial score (nSPS) is 11.6. The lowest BCUT2D eigenvalue weighted by Gasteiger charge is -2.19. The molecule has 0 spiro atoms. The number of carboxylic acids is 1. The van der Waals surface area contributed by atoms with Crippen molar-refractivity contribution in [1.82, 2.24) is 10.6 Å². The molecule has 0 aliphatic carbocycles. The number of amides is 3. The number of carbonyl (C=O) groups excluding carboxylic acids is 3. The Hall–Kier alpha value is -2.12. The van der Waals surface area contributed by atoms with Gasteiger partial charge in [-0.25, -0.2) is 9.59 Å². The van der Waals surface area contributed by atoms with Gasteiger partial charge in [-0.15, -0.1) is 0 Å². The third kappa shape index (κ3) is 7.02. The Bertz CT molecular complexity index is 366. The van der Waals surface area contributed by atoms with Gasteiger partial charge in [-0.1, -0.05) is 13.8 Å². The average molecular weight is 274 g/mol. The fourth-order valence-corrected chi connectivity index (χ4v) is 1.21. The molecule has 3 N–H and O–H groups in total. The quantitative estimate of drug-likeness (QED) is 0.580. The smallest absolute Gasteiger partial charge is 0.328 e. The molecule has 19 heavy (non-hydrogen) atoms. The van der Waals surface area contributed by atoms with E-state index < -0.39 is 29.9 Å². The van der Waals surface area contributed by atoms with E-state index >= 15 is 0 Å². The van der Waals surface area contributed by atoms with Crippen LogP contribution in [0, 0.1) is 5.92 Å².